The summed E-state index contributed by atoms with van der Waals surface area (Å²) in [6.45, 7) is 3.09. The Morgan fingerprint density at radius 2 is 2.27 bits per heavy atom. The van der Waals surface area contributed by atoms with Crippen LogP contribution in [0.5, 0.6) is 5.75 Å². The Hall–Kier alpha value is -1.55. The number of ether oxygens (including phenoxy) is 1. The summed E-state index contributed by atoms with van der Waals surface area (Å²) in [5.74, 6) is 1.64. The predicted molar refractivity (Wildman–Crippen MR) is 98.1 cm³/mol. The molecule has 9 heteroatoms. The first-order chi connectivity index (χ1) is 10.1. The summed E-state index contributed by atoms with van der Waals surface area (Å²) in [7, 11) is 1.56. The fourth-order valence-corrected chi connectivity index (χ4v) is 2.02. The molecule has 0 unspecified atom stereocenters. The van der Waals surface area contributed by atoms with Crippen molar-refractivity contribution in [1.82, 2.24) is 14.8 Å². The number of anilines is 1. The number of nitrogens with zero attached hydrogens (tertiary/aromatic N) is 4. The van der Waals surface area contributed by atoms with Crippen molar-refractivity contribution in [2.75, 3.05) is 12.4 Å². The highest BCUT2D eigenvalue weighted by Crippen LogP contribution is 2.26. The minimum atomic E-state index is 0. The van der Waals surface area contributed by atoms with Gasteiger partial charge < -0.3 is 15.8 Å². The Balaban J connectivity index is 0.00000242. The molecule has 0 fully saturated rings. The summed E-state index contributed by atoms with van der Waals surface area (Å²) < 4.78 is 6.85. The molecule has 0 aliphatic heterocycles. The molecule has 1 aromatic carbocycles. The number of guanidine groups is 1. The predicted octanol–water partition coefficient (Wildman–Crippen LogP) is 2.50. The molecule has 2 aromatic rings. The molecule has 0 saturated heterocycles. The summed E-state index contributed by atoms with van der Waals surface area (Å²) in [5, 5.41) is 7.54. The van der Waals surface area contributed by atoms with Gasteiger partial charge in [-0.05, 0) is 25.1 Å². The summed E-state index contributed by atoms with van der Waals surface area (Å²) in [6, 6.07) is 5.28. The molecule has 7 nitrogen and oxygen atoms in total. The first kappa shape index (κ1) is 18.5. The molecule has 1 aromatic heterocycles. The molecule has 0 radical (unpaired) electrons. The van der Waals surface area contributed by atoms with E-state index in [1.807, 2.05) is 13.0 Å². The molecule has 22 heavy (non-hydrogen) atoms. The van der Waals surface area contributed by atoms with Gasteiger partial charge in [0.1, 0.15) is 24.4 Å². The van der Waals surface area contributed by atoms with E-state index in [2.05, 4.69) is 20.4 Å². The SMILES string of the molecule is CCn1ncnc1CN=C(N)Nc1ccc(OC)c(Cl)c1.I. The van der Waals surface area contributed by atoms with Crippen LogP contribution >= 0.6 is 35.6 Å². The van der Waals surface area contributed by atoms with Crippen molar-refractivity contribution < 1.29 is 4.74 Å². The fourth-order valence-electron chi connectivity index (χ4n) is 1.76. The van der Waals surface area contributed by atoms with Crippen LogP contribution in [-0.2, 0) is 13.1 Å². The van der Waals surface area contributed by atoms with Gasteiger partial charge in [0.25, 0.3) is 0 Å². The lowest BCUT2D eigenvalue weighted by molar-refractivity contribution is 0.415. The van der Waals surface area contributed by atoms with Gasteiger partial charge in [-0.25, -0.2) is 14.7 Å². The van der Waals surface area contributed by atoms with Gasteiger partial charge in [0.05, 0.1) is 12.1 Å². The first-order valence-corrected chi connectivity index (χ1v) is 6.79. The lowest BCUT2D eigenvalue weighted by Crippen LogP contribution is -2.23. The molecule has 0 aliphatic carbocycles. The molecule has 0 saturated carbocycles. The van der Waals surface area contributed by atoms with Crippen LogP contribution in [0.4, 0.5) is 5.69 Å². The van der Waals surface area contributed by atoms with Gasteiger partial charge in [0.15, 0.2) is 5.96 Å². The minimum Gasteiger partial charge on any atom is -0.495 e. The Labute approximate surface area is 150 Å². The minimum absolute atomic E-state index is 0. The van der Waals surface area contributed by atoms with Gasteiger partial charge in [-0.2, -0.15) is 5.10 Å². The van der Waals surface area contributed by atoms with Crippen LogP contribution in [0.2, 0.25) is 5.02 Å². The number of benzene rings is 1. The standard InChI is InChI=1S/C13H17ClN6O.HI/c1-3-20-12(17-8-18-20)7-16-13(15)19-9-4-5-11(21-2)10(14)6-9;/h4-6,8H,3,7H2,1-2H3,(H3,15,16,19);1H. The summed E-state index contributed by atoms with van der Waals surface area (Å²) in [4.78, 5) is 8.36. The summed E-state index contributed by atoms with van der Waals surface area (Å²) in [5.41, 5.74) is 6.58. The molecule has 0 atom stereocenters. The number of nitrogens with two attached hydrogens (primary N) is 1. The van der Waals surface area contributed by atoms with Crippen LogP contribution in [0.3, 0.4) is 0 Å². The highest BCUT2D eigenvalue weighted by atomic mass is 127. The largest absolute Gasteiger partial charge is 0.495 e. The maximum Gasteiger partial charge on any atom is 0.193 e. The maximum absolute atomic E-state index is 6.04. The zero-order valence-electron chi connectivity index (χ0n) is 12.3. The zero-order chi connectivity index (χ0) is 15.2. The van der Waals surface area contributed by atoms with Gasteiger partial charge in [-0.15, -0.1) is 24.0 Å². The molecule has 0 aliphatic rings. The number of hydrogen-bond donors (Lipinski definition) is 2. The number of aliphatic imine (C=N–C) groups is 1. The number of aryl methyl sites for hydroxylation is 1. The highest BCUT2D eigenvalue weighted by Gasteiger charge is 2.04. The number of methoxy groups -OCH3 is 1. The third-order valence-corrected chi connectivity index (χ3v) is 3.11. The van der Waals surface area contributed by atoms with E-state index in [1.165, 1.54) is 6.33 Å². The summed E-state index contributed by atoms with van der Waals surface area (Å²) >= 11 is 6.04. The molecular formula is C13H18ClIN6O. The van der Waals surface area contributed by atoms with Crippen molar-refractivity contribution in [2.24, 2.45) is 10.7 Å². The lowest BCUT2D eigenvalue weighted by Gasteiger charge is -2.08. The smallest absolute Gasteiger partial charge is 0.193 e. The number of nitrogens with one attached hydrogen (secondary N) is 1. The van der Waals surface area contributed by atoms with Crippen LogP contribution in [0, 0.1) is 0 Å². The second-order valence-corrected chi connectivity index (χ2v) is 4.58. The Bertz CT molecular complexity index is 645. The quantitative estimate of drug-likeness (QED) is 0.427. The fraction of sp³-hybridized carbons (Fsp3) is 0.308. The van der Waals surface area contributed by atoms with E-state index in [0.29, 0.717) is 17.3 Å². The van der Waals surface area contributed by atoms with Gasteiger partial charge in [0, 0.05) is 12.2 Å². The number of halogens is 2. The normalized spacial score (nSPS) is 11.0. The van der Waals surface area contributed by atoms with Gasteiger partial charge in [0.2, 0.25) is 0 Å². The topological polar surface area (TPSA) is 90.4 Å². The molecule has 3 N–H and O–H groups in total. The number of aromatic nitrogens is 3. The van der Waals surface area contributed by atoms with Crippen LogP contribution in [0.1, 0.15) is 12.7 Å². The number of hydrogen-bond acceptors (Lipinski definition) is 4. The first-order valence-electron chi connectivity index (χ1n) is 6.41. The number of rotatable bonds is 5. The van der Waals surface area contributed by atoms with Gasteiger partial charge in [-0.3, -0.25) is 0 Å². The molecular weight excluding hydrogens is 419 g/mol. The van der Waals surface area contributed by atoms with Crippen molar-refractivity contribution in [3.05, 3.63) is 35.4 Å². The van der Waals surface area contributed by atoms with Crippen molar-refractivity contribution >= 4 is 47.2 Å². The molecule has 0 spiro atoms. The van der Waals surface area contributed by atoms with Crippen molar-refractivity contribution in [3.63, 3.8) is 0 Å². The van der Waals surface area contributed by atoms with Crippen LogP contribution in [0.25, 0.3) is 0 Å². The van der Waals surface area contributed by atoms with Crippen molar-refractivity contribution in [3.8, 4) is 5.75 Å². The van der Waals surface area contributed by atoms with E-state index < -0.39 is 0 Å². The van der Waals surface area contributed by atoms with Gasteiger partial charge >= 0.3 is 0 Å². The maximum atomic E-state index is 6.04. The van der Waals surface area contributed by atoms with E-state index in [4.69, 9.17) is 22.1 Å². The summed E-state index contributed by atoms with van der Waals surface area (Å²) in [6.07, 6.45) is 1.50. The van der Waals surface area contributed by atoms with Crippen molar-refractivity contribution in [1.29, 1.82) is 0 Å². The average Bonchev–Trinajstić information content (AvgIpc) is 2.93. The van der Waals surface area contributed by atoms with E-state index in [0.717, 1.165) is 18.1 Å². The third-order valence-electron chi connectivity index (χ3n) is 2.81. The van der Waals surface area contributed by atoms with E-state index >= 15 is 0 Å². The second-order valence-electron chi connectivity index (χ2n) is 4.17. The zero-order valence-corrected chi connectivity index (χ0v) is 15.4. The Kier molecular flexibility index (Phi) is 7.39. The Morgan fingerprint density at radius 1 is 1.50 bits per heavy atom. The van der Waals surface area contributed by atoms with Gasteiger partial charge in [-0.1, -0.05) is 11.6 Å². The van der Waals surface area contributed by atoms with Crippen LogP contribution < -0.4 is 15.8 Å². The monoisotopic (exact) mass is 436 g/mol. The molecule has 0 amide bonds. The Morgan fingerprint density at radius 3 is 2.91 bits per heavy atom. The van der Waals surface area contributed by atoms with E-state index in [9.17, 15) is 0 Å². The van der Waals surface area contributed by atoms with Crippen LogP contribution in [0.15, 0.2) is 29.5 Å². The average molecular weight is 437 g/mol. The lowest BCUT2D eigenvalue weighted by atomic mass is 10.3. The van der Waals surface area contributed by atoms with Crippen LogP contribution in [-0.4, -0.2) is 27.8 Å². The molecule has 1 heterocycles. The second kappa shape index (κ2) is 8.79. The van der Waals surface area contributed by atoms with E-state index in [-0.39, 0.29) is 29.9 Å². The molecule has 120 valence electrons. The molecule has 2 rings (SSSR count). The van der Waals surface area contributed by atoms with Crippen molar-refractivity contribution in [2.45, 2.75) is 20.0 Å². The highest BCUT2D eigenvalue weighted by molar-refractivity contribution is 14.0. The third kappa shape index (κ3) is 4.73. The van der Waals surface area contributed by atoms with E-state index in [1.54, 1.807) is 23.9 Å². The molecule has 0 bridgehead atoms.